The zero-order chi connectivity index (χ0) is 17.8. The number of rotatable bonds is 12. The third-order valence-electron chi connectivity index (χ3n) is 5.70. The second-order valence-electron chi connectivity index (χ2n) is 8.57. The first-order valence-electron chi connectivity index (χ1n) is 10.4. The van der Waals surface area contributed by atoms with Crippen molar-refractivity contribution >= 4 is 14.0 Å². The molecule has 0 saturated carbocycles. The highest BCUT2D eigenvalue weighted by Gasteiger charge is 2.33. The van der Waals surface area contributed by atoms with Gasteiger partial charge >= 0.3 is 0 Å². The predicted molar refractivity (Wildman–Crippen MR) is 109 cm³/mol. The van der Waals surface area contributed by atoms with Crippen LogP contribution in [-0.4, -0.2) is 32.0 Å². The SMILES string of the molecule is C=CCCCCCCCCC(=O)N1CC[Si](C)(CCC(C)C)CC1. The zero-order valence-electron chi connectivity index (χ0n) is 16.6. The predicted octanol–water partition coefficient (Wildman–Crippen LogP) is 6.26. The van der Waals surface area contributed by atoms with Gasteiger partial charge in [0.2, 0.25) is 5.91 Å². The van der Waals surface area contributed by atoms with E-state index in [1.165, 1.54) is 56.7 Å². The summed E-state index contributed by atoms with van der Waals surface area (Å²) in [7, 11) is -1.05. The van der Waals surface area contributed by atoms with Crippen LogP contribution in [0.4, 0.5) is 0 Å². The van der Waals surface area contributed by atoms with Crippen molar-refractivity contribution in [1.82, 2.24) is 4.90 Å². The molecule has 24 heavy (non-hydrogen) atoms. The molecule has 2 nitrogen and oxygen atoms in total. The number of nitrogens with zero attached hydrogens (tertiary/aromatic N) is 1. The lowest BCUT2D eigenvalue weighted by Gasteiger charge is -2.38. The average Bonchev–Trinajstić information content (AvgIpc) is 2.56. The monoisotopic (exact) mass is 351 g/mol. The Kier molecular flexibility index (Phi) is 10.6. The summed E-state index contributed by atoms with van der Waals surface area (Å²) in [5, 5.41) is 0. The van der Waals surface area contributed by atoms with Crippen molar-refractivity contribution in [3.05, 3.63) is 12.7 Å². The van der Waals surface area contributed by atoms with Gasteiger partial charge in [-0.25, -0.2) is 0 Å². The molecule has 1 saturated heterocycles. The van der Waals surface area contributed by atoms with Gasteiger partial charge in [0, 0.05) is 19.5 Å². The van der Waals surface area contributed by atoms with Gasteiger partial charge in [0.05, 0.1) is 8.07 Å². The van der Waals surface area contributed by atoms with Crippen LogP contribution in [-0.2, 0) is 4.79 Å². The van der Waals surface area contributed by atoms with Gasteiger partial charge in [-0.1, -0.05) is 64.6 Å². The molecule has 0 aliphatic carbocycles. The molecule has 1 heterocycles. The molecular formula is C21H41NOSi. The molecular weight excluding hydrogens is 310 g/mol. The van der Waals surface area contributed by atoms with Crippen molar-refractivity contribution in [2.75, 3.05) is 13.1 Å². The molecule has 3 heteroatoms. The summed E-state index contributed by atoms with van der Waals surface area (Å²) in [6.07, 6.45) is 12.8. The molecule has 0 radical (unpaired) electrons. The topological polar surface area (TPSA) is 20.3 Å². The van der Waals surface area contributed by atoms with Crippen molar-refractivity contribution in [3.63, 3.8) is 0 Å². The maximum atomic E-state index is 12.4. The highest BCUT2D eigenvalue weighted by Crippen LogP contribution is 2.29. The van der Waals surface area contributed by atoms with Gasteiger partial charge in [-0.3, -0.25) is 4.79 Å². The standard InChI is InChI=1S/C21H41NOSi/c1-5-6-7-8-9-10-11-12-13-21(23)22-15-18-24(4,19-16-22)17-14-20(2)3/h5,20H,1,6-19H2,2-4H3. The van der Waals surface area contributed by atoms with Gasteiger partial charge in [-0.05, 0) is 37.3 Å². The molecule has 0 N–H and O–H groups in total. The van der Waals surface area contributed by atoms with Crippen molar-refractivity contribution < 1.29 is 4.79 Å². The number of amides is 1. The van der Waals surface area contributed by atoms with E-state index in [0.717, 1.165) is 38.3 Å². The van der Waals surface area contributed by atoms with E-state index in [2.05, 4.69) is 31.9 Å². The molecule has 1 aliphatic rings. The Balaban J connectivity index is 2.09. The average molecular weight is 352 g/mol. The summed E-state index contributed by atoms with van der Waals surface area (Å²) in [5.41, 5.74) is 0. The maximum absolute atomic E-state index is 12.4. The first-order chi connectivity index (χ1) is 11.5. The summed E-state index contributed by atoms with van der Waals surface area (Å²) in [4.78, 5) is 14.5. The third-order valence-corrected chi connectivity index (χ3v) is 10.1. The second kappa shape index (κ2) is 11.9. The molecule has 0 bridgehead atoms. The minimum Gasteiger partial charge on any atom is -0.343 e. The molecule has 0 aromatic heterocycles. The van der Waals surface area contributed by atoms with Crippen LogP contribution in [0.2, 0.25) is 24.7 Å². The van der Waals surface area contributed by atoms with Crippen LogP contribution in [0.25, 0.3) is 0 Å². The van der Waals surface area contributed by atoms with Gasteiger partial charge in [0.15, 0.2) is 0 Å². The number of unbranched alkanes of at least 4 members (excludes halogenated alkanes) is 6. The van der Waals surface area contributed by atoms with Crippen LogP contribution in [0.3, 0.4) is 0 Å². The highest BCUT2D eigenvalue weighted by molar-refractivity contribution is 6.79. The van der Waals surface area contributed by atoms with E-state index in [-0.39, 0.29) is 0 Å². The van der Waals surface area contributed by atoms with Gasteiger partial charge in [-0.15, -0.1) is 6.58 Å². The van der Waals surface area contributed by atoms with Crippen molar-refractivity contribution in [2.45, 2.75) is 96.3 Å². The Hall–Kier alpha value is -0.573. The molecule has 1 fully saturated rings. The van der Waals surface area contributed by atoms with Crippen molar-refractivity contribution in [2.24, 2.45) is 5.92 Å². The number of hydrogen-bond acceptors (Lipinski definition) is 1. The second-order valence-corrected chi connectivity index (χ2v) is 13.7. The van der Waals surface area contributed by atoms with E-state index in [0.29, 0.717) is 5.91 Å². The maximum Gasteiger partial charge on any atom is 0.222 e. The molecule has 0 atom stereocenters. The molecule has 1 aliphatic heterocycles. The smallest absolute Gasteiger partial charge is 0.222 e. The van der Waals surface area contributed by atoms with Gasteiger partial charge < -0.3 is 4.90 Å². The fourth-order valence-corrected chi connectivity index (χ4v) is 7.26. The van der Waals surface area contributed by atoms with E-state index < -0.39 is 8.07 Å². The van der Waals surface area contributed by atoms with Crippen LogP contribution in [0, 0.1) is 5.92 Å². The largest absolute Gasteiger partial charge is 0.343 e. The molecule has 0 aromatic carbocycles. The van der Waals surface area contributed by atoms with Crippen LogP contribution < -0.4 is 0 Å². The van der Waals surface area contributed by atoms with Crippen LogP contribution in [0.5, 0.6) is 0 Å². The summed E-state index contributed by atoms with van der Waals surface area (Å²) in [6.45, 7) is 13.1. The lowest BCUT2D eigenvalue weighted by molar-refractivity contribution is -0.131. The number of carbonyl (C=O) groups excluding carboxylic acids is 1. The summed E-state index contributed by atoms with van der Waals surface area (Å²) >= 11 is 0. The zero-order valence-corrected chi connectivity index (χ0v) is 17.6. The van der Waals surface area contributed by atoms with Crippen LogP contribution in [0.15, 0.2) is 12.7 Å². The Labute approximate surface area is 152 Å². The highest BCUT2D eigenvalue weighted by atomic mass is 28.3. The van der Waals surface area contributed by atoms with E-state index in [9.17, 15) is 4.79 Å². The van der Waals surface area contributed by atoms with E-state index in [1.807, 2.05) is 6.08 Å². The minimum atomic E-state index is -1.05. The molecule has 0 spiro atoms. The molecule has 1 amide bonds. The van der Waals surface area contributed by atoms with E-state index >= 15 is 0 Å². The van der Waals surface area contributed by atoms with E-state index in [4.69, 9.17) is 0 Å². The Morgan fingerprint density at radius 1 is 1.08 bits per heavy atom. The van der Waals surface area contributed by atoms with Crippen molar-refractivity contribution in [1.29, 1.82) is 0 Å². The van der Waals surface area contributed by atoms with Gasteiger partial charge in [0.25, 0.3) is 0 Å². The van der Waals surface area contributed by atoms with Gasteiger partial charge in [0.1, 0.15) is 0 Å². The lowest BCUT2D eigenvalue weighted by atomic mass is 10.1. The molecule has 0 aromatic rings. The summed E-state index contributed by atoms with van der Waals surface area (Å²) in [5.74, 6) is 1.24. The normalized spacial score (nSPS) is 17.2. The first-order valence-corrected chi connectivity index (χ1v) is 13.5. The quantitative estimate of drug-likeness (QED) is 0.231. The Morgan fingerprint density at radius 3 is 2.25 bits per heavy atom. The molecule has 1 rings (SSSR count). The number of hydrogen-bond donors (Lipinski definition) is 0. The fraction of sp³-hybridized carbons (Fsp3) is 0.857. The summed E-state index contributed by atoms with van der Waals surface area (Å²) in [6, 6.07) is 4.11. The lowest BCUT2D eigenvalue weighted by Crippen LogP contribution is -2.47. The molecule has 0 unspecified atom stereocenters. The number of allylic oxidation sites excluding steroid dienone is 1. The fourth-order valence-electron chi connectivity index (χ4n) is 3.61. The summed E-state index contributed by atoms with van der Waals surface area (Å²) < 4.78 is 0. The number of carbonyl (C=O) groups is 1. The van der Waals surface area contributed by atoms with Crippen LogP contribution in [0.1, 0.15) is 71.6 Å². The van der Waals surface area contributed by atoms with E-state index in [1.54, 1.807) is 0 Å². The first kappa shape index (κ1) is 21.5. The third kappa shape index (κ3) is 9.05. The van der Waals surface area contributed by atoms with Crippen molar-refractivity contribution in [3.8, 4) is 0 Å². The molecule has 140 valence electrons. The Bertz CT molecular complexity index is 359. The minimum absolute atomic E-state index is 0.418. The van der Waals surface area contributed by atoms with Gasteiger partial charge in [-0.2, -0.15) is 0 Å². The Morgan fingerprint density at radius 2 is 1.67 bits per heavy atom. The van der Waals surface area contributed by atoms with Crippen LogP contribution >= 0.6 is 0 Å².